The van der Waals surface area contributed by atoms with Gasteiger partial charge < -0.3 is 0 Å². The maximum atomic E-state index is 13.0. The molecule has 0 bridgehead atoms. The lowest BCUT2D eigenvalue weighted by molar-refractivity contribution is -0.384. The molecule has 0 fully saturated rings. The number of nitrogens with zero attached hydrogens (tertiary/aromatic N) is 4. The zero-order valence-corrected chi connectivity index (χ0v) is 11.7. The summed E-state index contributed by atoms with van der Waals surface area (Å²) in [6.07, 6.45) is 1.32. The molecule has 0 amide bonds. The van der Waals surface area contributed by atoms with Gasteiger partial charge in [0.1, 0.15) is 17.2 Å². The number of benzene rings is 2. The van der Waals surface area contributed by atoms with E-state index in [9.17, 15) is 14.5 Å². The van der Waals surface area contributed by atoms with Gasteiger partial charge in [-0.05, 0) is 36.4 Å². The monoisotopic (exact) mass is 318 g/mol. The molecule has 8 heteroatoms. The maximum Gasteiger partial charge on any atom is 0.290 e. The van der Waals surface area contributed by atoms with Crippen molar-refractivity contribution in [2.24, 2.45) is 0 Å². The molecule has 6 nitrogen and oxygen atoms in total. The van der Waals surface area contributed by atoms with Crippen LogP contribution >= 0.6 is 11.6 Å². The molecule has 0 saturated heterocycles. The van der Waals surface area contributed by atoms with Crippen LogP contribution in [0.4, 0.5) is 10.1 Å². The van der Waals surface area contributed by atoms with Gasteiger partial charge in [-0.3, -0.25) is 10.1 Å². The minimum atomic E-state index is -0.569. The fraction of sp³-hybridized carbons (Fsp3) is 0. The third-order valence-electron chi connectivity index (χ3n) is 3.02. The Bertz CT molecular complexity index is 848. The van der Waals surface area contributed by atoms with Crippen LogP contribution in [0.1, 0.15) is 0 Å². The van der Waals surface area contributed by atoms with Crippen LogP contribution in [0.5, 0.6) is 0 Å². The SMILES string of the molecule is O=[N+]([O-])c1cc(-n2ncnc2-c2ccc(F)cc2)ccc1Cl. The van der Waals surface area contributed by atoms with Crippen molar-refractivity contribution in [3.05, 3.63) is 69.7 Å². The van der Waals surface area contributed by atoms with Crippen LogP contribution in [-0.2, 0) is 0 Å². The lowest BCUT2D eigenvalue weighted by Crippen LogP contribution is -2.01. The molecule has 3 rings (SSSR count). The van der Waals surface area contributed by atoms with E-state index in [-0.39, 0.29) is 16.5 Å². The number of nitro groups is 1. The van der Waals surface area contributed by atoms with E-state index in [2.05, 4.69) is 10.1 Å². The quantitative estimate of drug-likeness (QED) is 0.546. The minimum Gasteiger partial charge on any atom is -0.258 e. The lowest BCUT2D eigenvalue weighted by atomic mass is 10.2. The minimum absolute atomic E-state index is 0.0391. The highest BCUT2D eigenvalue weighted by molar-refractivity contribution is 6.32. The average Bonchev–Trinajstić information content (AvgIpc) is 2.97. The standard InChI is InChI=1S/C14H8ClFN4O2/c15-12-6-5-11(7-13(12)20(21)22)19-14(17-8-18-19)9-1-3-10(16)4-2-9/h1-8H. The number of halogens is 2. The summed E-state index contributed by atoms with van der Waals surface area (Å²) in [4.78, 5) is 14.5. The summed E-state index contributed by atoms with van der Waals surface area (Å²) in [5.74, 6) is 0.0774. The molecular formula is C14H8ClFN4O2. The maximum absolute atomic E-state index is 13.0. The second-order valence-corrected chi connectivity index (χ2v) is 4.80. The van der Waals surface area contributed by atoms with Crippen LogP contribution in [0, 0.1) is 15.9 Å². The van der Waals surface area contributed by atoms with E-state index in [0.717, 1.165) is 0 Å². The van der Waals surface area contributed by atoms with E-state index in [0.29, 0.717) is 17.1 Å². The Morgan fingerprint density at radius 2 is 1.91 bits per heavy atom. The van der Waals surface area contributed by atoms with Gasteiger partial charge in [-0.15, -0.1) is 0 Å². The molecule has 0 spiro atoms. The number of hydrogen-bond donors (Lipinski definition) is 0. The van der Waals surface area contributed by atoms with Gasteiger partial charge in [-0.1, -0.05) is 11.6 Å². The van der Waals surface area contributed by atoms with E-state index in [4.69, 9.17) is 11.6 Å². The molecule has 0 aliphatic rings. The summed E-state index contributed by atoms with van der Waals surface area (Å²) in [5.41, 5.74) is 0.851. The molecule has 110 valence electrons. The molecule has 0 saturated carbocycles. The van der Waals surface area contributed by atoms with Crippen molar-refractivity contribution in [3.63, 3.8) is 0 Å². The lowest BCUT2D eigenvalue weighted by Gasteiger charge is -2.06. The summed E-state index contributed by atoms with van der Waals surface area (Å²) >= 11 is 5.80. The third kappa shape index (κ3) is 2.53. The highest BCUT2D eigenvalue weighted by atomic mass is 35.5. The van der Waals surface area contributed by atoms with Crippen LogP contribution in [0.25, 0.3) is 17.1 Å². The normalized spacial score (nSPS) is 10.6. The van der Waals surface area contributed by atoms with Gasteiger partial charge >= 0.3 is 0 Å². The smallest absolute Gasteiger partial charge is 0.258 e. The van der Waals surface area contributed by atoms with Crippen molar-refractivity contribution in [2.75, 3.05) is 0 Å². The van der Waals surface area contributed by atoms with Crippen LogP contribution in [0.2, 0.25) is 5.02 Å². The number of aromatic nitrogens is 3. The van der Waals surface area contributed by atoms with Crippen LogP contribution < -0.4 is 0 Å². The molecule has 2 aromatic carbocycles. The first-order chi connectivity index (χ1) is 10.6. The Hall–Kier alpha value is -2.80. The van der Waals surface area contributed by atoms with Crippen LogP contribution in [-0.4, -0.2) is 19.7 Å². The van der Waals surface area contributed by atoms with Gasteiger partial charge in [0.05, 0.1) is 10.6 Å². The van der Waals surface area contributed by atoms with Crippen molar-refractivity contribution in [1.82, 2.24) is 14.8 Å². The summed E-state index contributed by atoms with van der Waals surface area (Å²) in [6.45, 7) is 0. The molecule has 0 unspecified atom stereocenters. The second-order valence-electron chi connectivity index (χ2n) is 4.40. The Labute approximate surface area is 128 Å². The van der Waals surface area contributed by atoms with Crippen molar-refractivity contribution < 1.29 is 9.31 Å². The molecule has 0 atom stereocenters. The van der Waals surface area contributed by atoms with Crippen molar-refractivity contribution in [1.29, 1.82) is 0 Å². The Morgan fingerprint density at radius 3 is 2.59 bits per heavy atom. The van der Waals surface area contributed by atoms with E-state index in [1.54, 1.807) is 18.2 Å². The second kappa shape index (κ2) is 5.53. The molecule has 1 heterocycles. The first-order valence-electron chi connectivity index (χ1n) is 6.16. The van der Waals surface area contributed by atoms with Crippen molar-refractivity contribution in [3.8, 4) is 17.1 Å². The largest absolute Gasteiger partial charge is 0.290 e. The fourth-order valence-corrected chi connectivity index (χ4v) is 2.19. The highest BCUT2D eigenvalue weighted by Gasteiger charge is 2.16. The van der Waals surface area contributed by atoms with Gasteiger partial charge in [0.2, 0.25) is 0 Å². The number of hydrogen-bond acceptors (Lipinski definition) is 4. The Kier molecular flexibility index (Phi) is 3.56. The molecule has 22 heavy (non-hydrogen) atoms. The molecule has 0 aliphatic heterocycles. The summed E-state index contributed by atoms with van der Waals surface area (Å²) < 4.78 is 14.4. The van der Waals surface area contributed by atoms with Gasteiger partial charge in [0, 0.05) is 11.6 Å². The van der Waals surface area contributed by atoms with Gasteiger partial charge in [0.25, 0.3) is 5.69 Å². The van der Waals surface area contributed by atoms with E-state index < -0.39 is 4.92 Å². The first-order valence-corrected chi connectivity index (χ1v) is 6.54. The average molecular weight is 319 g/mol. The van der Waals surface area contributed by atoms with Gasteiger partial charge in [0.15, 0.2) is 5.82 Å². The number of nitro benzene ring substituents is 1. The van der Waals surface area contributed by atoms with E-state index in [1.165, 1.54) is 35.3 Å². The summed E-state index contributed by atoms with van der Waals surface area (Å²) in [5, 5.41) is 15.1. The molecular weight excluding hydrogens is 311 g/mol. The Balaban J connectivity index is 2.11. The molecule has 0 radical (unpaired) electrons. The van der Waals surface area contributed by atoms with Crippen molar-refractivity contribution in [2.45, 2.75) is 0 Å². The van der Waals surface area contributed by atoms with Crippen LogP contribution in [0.15, 0.2) is 48.8 Å². The predicted molar refractivity (Wildman–Crippen MR) is 78.4 cm³/mol. The molecule has 0 aliphatic carbocycles. The summed E-state index contributed by atoms with van der Waals surface area (Å²) in [6, 6.07) is 10.0. The van der Waals surface area contributed by atoms with Crippen molar-refractivity contribution >= 4 is 17.3 Å². The summed E-state index contributed by atoms with van der Waals surface area (Å²) in [7, 11) is 0. The van der Waals surface area contributed by atoms with E-state index >= 15 is 0 Å². The zero-order chi connectivity index (χ0) is 15.7. The van der Waals surface area contributed by atoms with Gasteiger partial charge in [-0.25, -0.2) is 14.1 Å². The first kappa shape index (κ1) is 14.2. The van der Waals surface area contributed by atoms with Crippen LogP contribution in [0.3, 0.4) is 0 Å². The number of rotatable bonds is 3. The highest BCUT2D eigenvalue weighted by Crippen LogP contribution is 2.28. The predicted octanol–water partition coefficient (Wildman–Crippen LogP) is 3.64. The van der Waals surface area contributed by atoms with Gasteiger partial charge in [-0.2, -0.15) is 5.10 Å². The Morgan fingerprint density at radius 1 is 1.18 bits per heavy atom. The molecule has 1 aromatic heterocycles. The topological polar surface area (TPSA) is 73.8 Å². The molecule has 0 N–H and O–H groups in total. The third-order valence-corrected chi connectivity index (χ3v) is 3.34. The molecule has 3 aromatic rings. The van der Waals surface area contributed by atoms with E-state index in [1.807, 2.05) is 0 Å². The fourth-order valence-electron chi connectivity index (χ4n) is 2.00. The zero-order valence-electron chi connectivity index (χ0n) is 11.0.